The molecule has 4 heteroatoms. The van der Waals surface area contributed by atoms with Gasteiger partial charge in [0.1, 0.15) is 5.44 Å². The first kappa shape index (κ1) is 16.5. The topological polar surface area (TPSA) is 18.5 Å². The maximum absolute atomic E-state index is 6.64. The smallest absolute Gasteiger partial charge is 0.192 e. The van der Waals surface area contributed by atoms with E-state index >= 15 is 0 Å². The van der Waals surface area contributed by atoms with Crippen LogP contribution in [0.3, 0.4) is 0 Å². The molecule has 2 atom stereocenters. The van der Waals surface area contributed by atoms with Crippen molar-refractivity contribution in [2.24, 2.45) is 5.41 Å². The molecule has 1 aliphatic rings. The molecule has 2 nitrogen and oxygen atoms in total. The van der Waals surface area contributed by atoms with Gasteiger partial charge in [-0.2, -0.15) is 0 Å². The maximum Gasteiger partial charge on any atom is 0.192 e. The fourth-order valence-electron chi connectivity index (χ4n) is 1.84. The average Bonchev–Trinajstić information content (AvgIpc) is 2.43. The van der Waals surface area contributed by atoms with Crippen molar-refractivity contribution in [1.29, 1.82) is 0 Å². The molecule has 0 spiro atoms. The van der Waals surface area contributed by atoms with Crippen molar-refractivity contribution in [3.8, 4) is 0 Å². The molecule has 0 aliphatic carbocycles. The van der Waals surface area contributed by atoms with Crippen molar-refractivity contribution in [1.82, 2.24) is 0 Å². The van der Waals surface area contributed by atoms with Gasteiger partial charge in [0.05, 0.1) is 12.7 Å². The summed E-state index contributed by atoms with van der Waals surface area (Å²) >= 11 is 1.88. The predicted octanol–water partition coefficient (Wildman–Crippen LogP) is 4.51. The fraction of sp³-hybridized carbons (Fsp3) is 1.00. The summed E-state index contributed by atoms with van der Waals surface area (Å²) in [6.45, 7) is 19.1. The molecular weight excluding hydrogens is 260 g/mol. The Morgan fingerprint density at radius 1 is 1.33 bits per heavy atom. The predicted molar refractivity (Wildman–Crippen MR) is 83.7 cm³/mol. The van der Waals surface area contributed by atoms with Gasteiger partial charge in [-0.15, -0.1) is 11.8 Å². The average molecular weight is 291 g/mol. The van der Waals surface area contributed by atoms with Gasteiger partial charge in [-0.1, -0.05) is 41.5 Å². The minimum Gasteiger partial charge on any atom is -0.410 e. The van der Waals surface area contributed by atoms with E-state index in [9.17, 15) is 0 Å². The van der Waals surface area contributed by atoms with Gasteiger partial charge in [-0.05, 0) is 23.9 Å². The van der Waals surface area contributed by atoms with Crippen molar-refractivity contribution < 1.29 is 9.16 Å². The molecule has 0 bridgehead atoms. The van der Waals surface area contributed by atoms with E-state index in [0.29, 0.717) is 0 Å². The third kappa shape index (κ3) is 3.53. The van der Waals surface area contributed by atoms with Crippen LogP contribution in [0.2, 0.25) is 18.1 Å². The van der Waals surface area contributed by atoms with Gasteiger partial charge in [0.2, 0.25) is 0 Å². The third-order valence-corrected chi connectivity index (χ3v) is 9.70. The fourth-order valence-corrected chi connectivity index (χ4v) is 4.47. The summed E-state index contributed by atoms with van der Waals surface area (Å²) in [6.07, 6.45) is 0.225. The van der Waals surface area contributed by atoms with Crippen molar-refractivity contribution in [3.05, 3.63) is 0 Å². The first-order chi connectivity index (χ1) is 8.01. The molecule has 108 valence electrons. The Morgan fingerprint density at radius 2 is 1.89 bits per heavy atom. The third-order valence-electron chi connectivity index (χ3n) is 4.20. The number of hydrogen-bond donors (Lipinski definition) is 0. The van der Waals surface area contributed by atoms with E-state index in [1.165, 1.54) is 0 Å². The molecule has 1 rings (SSSR count). The monoisotopic (exact) mass is 290 g/mol. The highest BCUT2D eigenvalue weighted by Gasteiger charge is 2.49. The highest BCUT2D eigenvalue weighted by atomic mass is 32.2. The SMILES string of the molecule is CCSC1OCC(C)(C)[C@H]1O[Si](C)(C)C(C)(C)C. The van der Waals surface area contributed by atoms with Crippen LogP contribution in [0.25, 0.3) is 0 Å². The lowest BCUT2D eigenvalue weighted by molar-refractivity contribution is 0.0877. The normalized spacial score (nSPS) is 28.7. The molecule has 0 aromatic rings. The van der Waals surface area contributed by atoms with Gasteiger partial charge < -0.3 is 9.16 Å². The molecule has 1 aliphatic heterocycles. The lowest BCUT2D eigenvalue weighted by atomic mass is 9.90. The molecule has 18 heavy (non-hydrogen) atoms. The van der Waals surface area contributed by atoms with Crippen LogP contribution in [0, 0.1) is 5.41 Å². The molecule has 0 aromatic carbocycles. The zero-order chi connectivity index (χ0) is 14.2. The van der Waals surface area contributed by atoms with Crippen LogP contribution in [0.5, 0.6) is 0 Å². The van der Waals surface area contributed by atoms with Gasteiger partial charge in [0.25, 0.3) is 0 Å². The molecular formula is C14H30O2SSi. The second-order valence-electron chi connectivity index (χ2n) is 7.42. The lowest BCUT2D eigenvalue weighted by Crippen LogP contribution is -2.49. The minimum absolute atomic E-state index is 0.127. The number of rotatable bonds is 4. The number of thioether (sulfide) groups is 1. The maximum atomic E-state index is 6.64. The zero-order valence-corrected chi connectivity index (χ0v) is 15.1. The van der Waals surface area contributed by atoms with E-state index in [1.54, 1.807) is 0 Å². The van der Waals surface area contributed by atoms with E-state index in [2.05, 4.69) is 54.6 Å². The number of ether oxygens (including phenoxy) is 1. The highest BCUT2D eigenvalue weighted by molar-refractivity contribution is 7.99. The standard InChI is InChI=1S/C14H30O2SSi/c1-9-17-12-11(14(5,6)10-15-12)16-18(7,8)13(2,3)4/h11-12H,9-10H2,1-8H3/t11-,12?/m0/s1. The Kier molecular flexibility index (Phi) is 5.02. The quantitative estimate of drug-likeness (QED) is 0.710. The Balaban J connectivity index is 2.84. The molecule has 0 saturated carbocycles. The summed E-state index contributed by atoms with van der Waals surface area (Å²) in [5.74, 6) is 1.08. The molecule has 0 N–H and O–H groups in total. The van der Waals surface area contributed by atoms with Crippen molar-refractivity contribution in [2.45, 2.75) is 71.2 Å². The summed E-state index contributed by atoms with van der Waals surface area (Å²) < 4.78 is 12.6. The minimum atomic E-state index is -1.72. The number of hydrogen-bond acceptors (Lipinski definition) is 3. The second-order valence-corrected chi connectivity index (χ2v) is 13.6. The van der Waals surface area contributed by atoms with E-state index in [0.717, 1.165) is 12.4 Å². The van der Waals surface area contributed by atoms with E-state index in [4.69, 9.17) is 9.16 Å². The van der Waals surface area contributed by atoms with Crippen molar-refractivity contribution in [3.63, 3.8) is 0 Å². The molecule has 0 aromatic heterocycles. The van der Waals surface area contributed by atoms with Crippen LogP contribution >= 0.6 is 11.8 Å². The Hall–Kier alpha value is 0.487. The summed E-state index contributed by atoms with van der Waals surface area (Å²) in [5, 5.41) is 0.257. The molecule has 1 unspecified atom stereocenters. The first-order valence-corrected chi connectivity index (χ1v) is 10.9. The highest BCUT2D eigenvalue weighted by Crippen LogP contribution is 2.45. The molecule has 0 amide bonds. The molecule has 1 fully saturated rings. The van der Waals surface area contributed by atoms with E-state index < -0.39 is 8.32 Å². The largest absolute Gasteiger partial charge is 0.410 e. The van der Waals surface area contributed by atoms with Crippen LogP contribution in [0.1, 0.15) is 41.5 Å². The summed E-state index contributed by atoms with van der Waals surface area (Å²) in [5.41, 5.74) is 0.335. The van der Waals surface area contributed by atoms with E-state index in [-0.39, 0.29) is 22.0 Å². The summed E-state index contributed by atoms with van der Waals surface area (Å²) in [6, 6.07) is 0. The van der Waals surface area contributed by atoms with Crippen molar-refractivity contribution in [2.75, 3.05) is 12.4 Å². The Labute approximate surface area is 118 Å². The van der Waals surface area contributed by atoms with Crippen LogP contribution in [-0.2, 0) is 9.16 Å². The molecule has 0 radical (unpaired) electrons. The van der Waals surface area contributed by atoms with Gasteiger partial charge in [-0.25, -0.2) is 0 Å². The summed E-state index contributed by atoms with van der Waals surface area (Å²) in [7, 11) is -1.72. The van der Waals surface area contributed by atoms with Gasteiger partial charge in [-0.3, -0.25) is 0 Å². The van der Waals surface area contributed by atoms with E-state index in [1.807, 2.05) is 11.8 Å². The lowest BCUT2D eigenvalue weighted by Gasteiger charge is -2.42. The van der Waals surface area contributed by atoms with Crippen LogP contribution < -0.4 is 0 Å². The van der Waals surface area contributed by atoms with Crippen molar-refractivity contribution >= 4 is 20.1 Å². The second kappa shape index (κ2) is 5.47. The van der Waals surface area contributed by atoms with Gasteiger partial charge in [0, 0.05) is 5.41 Å². The van der Waals surface area contributed by atoms with Crippen LogP contribution in [0.4, 0.5) is 0 Å². The van der Waals surface area contributed by atoms with Gasteiger partial charge in [0.15, 0.2) is 8.32 Å². The molecule has 1 saturated heterocycles. The Bertz CT molecular complexity index is 284. The van der Waals surface area contributed by atoms with Crippen LogP contribution in [0.15, 0.2) is 0 Å². The molecule has 1 heterocycles. The first-order valence-electron chi connectivity index (χ1n) is 6.92. The zero-order valence-electron chi connectivity index (χ0n) is 13.3. The van der Waals surface area contributed by atoms with Crippen LogP contribution in [-0.4, -0.2) is 32.2 Å². The Morgan fingerprint density at radius 3 is 2.33 bits per heavy atom. The van der Waals surface area contributed by atoms with Gasteiger partial charge >= 0.3 is 0 Å². The summed E-state index contributed by atoms with van der Waals surface area (Å²) in [4.78, 5) is 0.